The summed E-state index contributed by atoms with van der Waals surface area (Å²) < 4.78 is 21.8. The summed E-state index contributed by atoms with van der Waals surface area (Å²) in [7, 11) is 1.96. The van der Waals surface area contributed by atoms with Crippen LogP contribution < -0.4 is 10.6 Å². The Balaban J connectivity index is 2.39. The molecule has 2 heterocycles. The van der Waals surface area contributed by atoms with E-state index in [9.17, 15) is 19.2 Å². The molecule has 1 aromatic heterocycles. The van der Waals surface area contributed by atoms with E-state index < -0.39 is 24.2 Å². The molecule has 0 radical (unpaired) electrons. The number of likely N-dealkylation sites (tertiary alicyclic amines) is 1. The van der Waals surface area contributed by atoms with Crippen LogP contribution in [0.4, 0.5) is 4.79 Å². The molecule has 1 aliphatic rings. The van der Waals surface area contributed by atoms with Gasteiger partial charge in [-0.05, 0) is 51.6 Å². The van der Waals surface area contributed by atoms with Gasteiger partial charge in [0, 0.05) is 30.9 Å². The maximum atomic E-state index is 14.8. The molecule has 53 heavy (non-hydrogen) atoms. The molecular formula is C38H67N5O9S. The van der Waals surface area contributed by atoms with E-state index in [2.05, 4.69) is 27.4 Å². The van der Waals surface area contributed by atoms with Crippen LogP contribution in [0.25, 0.3) is 0 Å². The number of aliphatic hydroxyl groups is 1. The minimum atomic E-state index is -0.887. The smallest absolute Gasteiger partial charge is 0.407 e. The quantitative estimate of drug-likeness (QED) is 0.0862. The van der Waals surface area contributed by atoms with E-state index in [1.807, 2.05) is 39.6 Å². The number of unbranched alkanes of at least 4 members (excludes halogenated alkanes) is 3. The number of rotatable bonds is 26. The zero-order valence-electron chi connectivity index (χ0n) is 33.2. The average molecular weight is 770 g/mol. The van der Waals surface area contributed by atoms with Gasteiger partial charge in [0.25, 0.3) is 0 Å². The Morgan fingerprint density at radius 1 is 1.04 bits per heavy atom. The van der Waals surface area contributed by atoms with Crippen LogP contribution >= 0.6 is 11.3 Å². The molecule has 0 bridgehead atoms. The van der Waals surface area contributed by atoms with Crippen molar-refractivity contribution < 1.29 is 43.2 Å². The third kappa shape index (κ3) is 16.2. The summed E-state index contributed by atoms with van der Waals surface area (Å²) in [5.74, 6) is -0.994. The first-order chi connectivity index (χ1) is 25.5. The van der Waals surface area contributed by atoms with Crippen molar-refractivity contribution in [2.24, 2.45) is 11.8 Å². The Morgan fingerprint density at radius 2 is 1.77 bits per heavy atom. The first-order valence-corrected chi connectivity index (χ1v) is 20.5. The minimum absolute atomic E-state index is 0.0528. The summed E-state index contributed by atoms with van der Waals surface area (Å²) in [4.78, 5) is 62.7. The maximum absolute atomic E-state index is 14.8. The molecule has 3 N–H and O–H groups in total. The second-order valence-electron chi connectivity index (χ2n) is 14.1. The number of aromatic nitrogens is 1. The maximum Gasteiger partial charge on any atom is 0.407 e. The Morgan fingerprint density at radius 3 is 2.42 bits per heavy atom. The zero-order valence-corrected chi connectivity index (χ0v) is 34.0. The van der Waals surface area contributed by atoms with Crippen molar-refractivity contribution >= 4 is 35.2 Å². The lowest BCUT2D eigenvalue weighted by atomic mass is 9.91. The highest BCUT2D eigenvalue weighted by Gasteiger charge is 2.38. The van der Waals surface area contributed by atoms with Gasteiger partial charge >= 0.3 is 12.1 Å². The molecule has 1 fully saturated rings. The molecule has 0 spiro atoms. The number of aliphatic hydroxyl groups excluding tert-OH is 1. The highest BCUT2D eigenvalue weighted by atomic mass is 32.1. The number of piperidine rings is 1. The van der Waals surface area contributed by atoms with Gasteiger partial charge in [-0.15, -0.1) is 11.3 Å². The van der Waals surface area contributed by atoms with E-state index >= 15 is 0 Å². The zero-order chi connectivity index (χ0) is 39.2. The molecule has 0 aromatic carbocycles. The summed E-state index contributed by atoms with van der Waals surface area (Å²) in [5, 5.41) is 16.7. The van der Waals surface area contributed by atoms with E-state index in [1.54, 1.807) is 12.3 Å². The van der Waals surface area contributed by atoms with Crippen molar-refractivity contribution in [3.63, 3.8) is 0 Å². The Labute approximate surface area is 321 Å². The van der Waals surface area contributed by atoms with Gasteiger partial charge in [0.05, 0.1) is 45.7 Å². The number of carbonyl (C=O) groups is 4. The van der Waals surface area contributed by atoms with Crippen LogP contribution in [0, 0.1) is 11.8 Å². The van der Waals surface area contributed by atoms with Crippen molar-refractivity contribution in [3.05, 3.63) is 16.1 Å². The minimum Gasteiger partial charge on any atom is -0.461 e. The molecule has 14 nitrogen and oxygen atoms in total. The molecule has 5 atom stereocenters. The summed E-state index contributed by atoms with van der Waals surface area (Å²) in [6.07, 6.45) is 5.95. The molecule has 0 saturated carbocycles. The molecule has 1 aliphatic heterocycles. The SMILES string of the molecule is CCCCCCN(C(=O)C(NC(=O)[C@H]1CCCCN1C)C(C)CC)C(CC(OC(=O)NCCOCCOCCO)c1nc(C(=O)OCC)cs1)C(C)C. The second kappa shape index (κ2) is 26.0. The van der Waals surface area contributed by atoms with Crippen LogP contribution in [0.3, 0.4) is 0 Å². The van der Waals surface area contributed by atoms with Gasteiger partial charge in [0.2, 0.25) is 11.8 Å². The number of hydrogen-bond acceptors (Lipinski definition) is 12. The number of hydrogen-bond donors (Lipinski definition) is 3. The van der Waals surface area contributed by atoms with Crippen LogP contribution in [0.2, 0.25) is 0 Å². The average Bonchev–Trinajstić information content (AvgIpc) is 3.64. The number of thiazole rings is 1. The van der Waals surface area contributed by atoms with E-state index in [0.717, 1.165) is 51.5 Å². The number of nitrogens with zero attached hydrogens (tertiary/aromatic N) is 3. The lowest BCUT2D eigenvalue weighted by Crippen LogP contribution is -2.59. The van der Waals surface area contributed by atoms with Gasteiger partial charge in [-0.1, -0.05) is 66.7 Å². The fourth-order valence-electron chi connectivity index (χ4n) is 6.36. The fraction of sp³-hybridized carbons (Fsp3) is 0.816. The van der Waals surface area contributed by atoms with Crippen molar-refractivity contribution in [2.75, 3.05) is 66.3 Å². The van der Waals surface area contributed by atoms with E-state index in [4.69, 9.17) is 24.1 Å². The molecule has 15 heteroatoms. The number of likely N-dealkylation sites (N-methyl/N-ethyl adjacent to an activating group) is 1. The third-order valence-electron chi connectivity index (χ3n) is 9.67. The highest BCUT2D eigenvalue weighted by molar-refractivity contribution is 7.09. The lowest BCUT2D eigenvalue weighted by molar-refractivity contribution is -0.142. The number of ether oxygens (including phenoxy) is 4. The number of amides is 3. The topological polar surface area (TPSA) is 169 Å². The normalized spacial score (nSPS) is 17.1. The predicted octanol–water partition coefficient (Wildman–Crippen LogP) is 4.95. The van der Waals surface area contributed by atoms with Crippen LogP contribution in [0.5, 0.6) is 0 Å². The van der Waals surface area contributed by atoms with Crippen molar-refractivity contribution in [1.82, 2.24) is 25.4 Å². The van der Waals surface area contributed by atoms with E-state index in [1.165, 1.54) is 11.3 Å². The molecule has 2 rings (SSSR count). The Kier molecular flexibility index (Phi) is 22.8. The number of carbonyl (C=O) groups excluding carboxylic acids is 4. The fourth-order valence-corrected chi connectivity index (χ4v) is 7.19. The summed E-state index contributed by atoms with van der Waals surface area (Å²) in [6.45, 7) is 14.7. The van der Waals surface area contributed by atoms with Gasteiger partial charge in [-0.3, -0.25) is 14.5 Å². The number of nitrogens with one attached hydrogen (secondary N) is 2. The van der Waals surface area contributed by atoms with Gasteiger partial charge in [-0.25, -0.2) is 14.6 Å². The molecule has 0 aliphatic carbocycles. The summed E-state index contributed by atoms with van der Waals surface area (Å²) >= 11 is 1.19. The first kappa shape index (κ1) is 46.3. The monoisotopic (exact) mass is 769 g/mol. The van der Waals surface area contributed by atoms with Crippen molar-refractivity contribution in [1.29, 1.82) is 0 Å². The Bertz CT molecular complexity index is 1220. The van der Waals surface area contributed by atoms with Gasteiger partial charge in [-0.2, -0.15) is 0 Å². The second-order valence-corrected chi connectivity index (χ2v) is 15.0. The molecule has 3 amide bonds. The van der Waals surface area contributed by atoms with E-state index in [-0.39, 0.29) is 80.8 Å². The lowest BCUT2D eigenvalue weighted by Gasteiger charge is -2.40. The summed E-state index contributed by atoms with van der Waals surface area (Å²) in [6, 6.07) is -1.39. The largest absolute Gasteiger partial charge is 0.461 e. The standard InChI is InChI=1S/C38H67N5O9S/c1-8-11-12-14-19-43(36(46)33(28(6)9-2)41-34(45)30-16-13-15-18-42(30)7)31(27(4)5)25-32(35-40-29(26-53-35)37(47)51-10-3)52-38(48)39-17-21-49-23-24-50-22-20-44/h26-28,30-33,44H,8-25H2,1-7H3,(H,39,48)(H,41,45)/t28?,30-,31?,32?,33?/m1/s1. The van der Waals surface area contributed by atoms with Crippen LogP contribution in [0.1, 0.15) is 121 Å². The summed E-state index contributed by atoms with van der Waals surface area (Å²) in [5.41, 5.74) is 0.124. The third-order valence-corrected chi connectivity index (χ3v) is 10.6. The van der Waals surface area contributed by atoms with Crippen LogP contribution in [-0.2, 0) is 28.5 Å². The first-order valence-electron chi connectivity index (χ1n) is 19.6. The van der Waals surface area contributed by atoms with Gasteiger partial charge < -0.3 is 39.6 Å². The van der Waals surface area contributed by atoms with Gasteiger partial charge in [0.15, 0.2) is 11.8 Å². The highest BCUT2D eigenvalue weighted by Crippen LogP contribution is 2.32. The molecule has 304 valence electrons. The van der Waals surface area contributed by atoms with Gasteiger partial charge in [0.1, 0.15) is 11.0 Å². The number of alkyl carbamates (subject to hydrolysis) is 1. The van der Waals surface area contributed by atoms with Crippen LogP contribution in [-0.4, -0.2) is 128 Å². The molecular weight excluding hydrogens is 703 g/mol. The molecule has 1 saturated heterocycles. The Hall–Kier alpha value is -2.85. The predicted molar refractivity (Wildman–Crippen MR) is 205 cm³/mol. The van der Waals surface area contributed by atoms with Crippen LogP contribution in [0.15, 0.2) is 5.38 Å². The van der Waals surface area contributed by atoms with E-state index in [0.29, 0.717) is 31.2 Å². The van der Waals surface area contributed by atoms with Crippen molar-refractivity contribution in [2.45, 2.75) is 124 Å². The van der Waals surface area contributed by atoms with Crippen molar-refractivity contribution in [3.8, 4) is 0 Å². The molecule has 1 aromatic rings. The number of esters is 1. The molecule has 4 unspecified atom stereocenters.